The summed E-state index contributed by atoms with van der Waals surface area (Å²) in [7, 11) is 0. The lowest BCUT2D eigenvalue weighted by Gasteiger charge is -2.28. The molecule has 0 saturated heterocycles. The second-order valence-electron chi connectivity index (χ2n) is 5.51. The lowest BCUT2D eigenvalue weighted by molar-refractivity contribution is -0.117. The third kappa shape index (κ3) is 2.31. The van der Waals surface area contributed by atoms with E-state index in [1.807, 2.05) is 6.92 Å². The van der Waals surface area contributed by atoms with Crippen molar-refractivity contribution >= 4 is 17.3 Å². The van der Waals surface area contributed by atoms with Gasteiger partial charge in [0.25, 0.3) is 0 Å². The smallest absolute Gasteiger partial charge is 0.246 e. The standard InChI is InChI=1S/C16H21N3O/c1-3-17-15-13-7-6-12(9-14(13)18-16(15)20)19-8-4-5-11(2)10-19/h5-7,9,15,17H,3-4,8,10H2,1-2H3,(H,18,20). The zero-order valence-corrected chi connectivity index (χ0v) is 12.1. The number of rotatable bonds is 3. The molecule has 0 aromatic heterocycles. The number of nitrogens with zero attached hydrogens (tertiary/aromatic N) is 1. The highest BCUT2D eigenvalue weighted by Gasteiger charge is 2.30. The molecule has 0 bridgehead atoms. The molecule has 2 heterocycles. The van der Waals surface area contributed by atoms with Crippen LogP contribution in [0.1, 0.15) is 31.9 Å². The molecule has 1 amide bonds. The molecule has 2 aliphatic rings. The Labute approximate surface area is 119 Å². The van der Waals surface area contributed by atoms with Crippen molar-refractivity contribution in [1.29, 1.82) is 0 Å². The first kappa shape index (κ1) is 13.2. The van der Waals surface area contributed by atoms with E-state index in [2.05, 4.69) is 46.7 Å². The Balaban J connectivity index is 1.86. The van der Waals surface area contributed by atoms with Crippen molar-refractivity contribution in [1.82, 2.24) is 5.32 Å². The van der Waals surface area contributed by atoms with Crippen LogP contribution in [-0.4, -0.2) is 25.5 Å². The number of amides is 1. The molecule has 1 aromatic carbocycles. The number of hydrogen-bond acceptors (Lipinski definition) is 3. The van der Waals surface area contributed by atoms with Gasteiger partial charge in [0.2, 0.25) is 5.91 Å². The number of carbonyl (C=O) groups excluding carboxylic acids is 1. The molecule has 1 unspecified atom stereocenters. The maximum atomic E-state index is 12.0. The summed E-state index contributed by atoms with van der Waals surface area (Å²) in [5, 5.41) is 6.20. The fraction of sp³-hybridized carbons (Fsp3) is 0.438. The summed E-state index contributed by atoms with van der Waals surface area (Å²) >= 11 is 0. The number of anilines is 2. The van der Waals surface area contributed by atoms with E-state index in [-0.39, 0.29) is 11.9 Å². The molecule has 2 N–H and O–H groups in total. The molecular weight excluding hydrogens is 250 g/mol. The van der Waals surface area contributed by atoms with Crippen molar-refractivity contribution in [3.63, 3.8) is 0 Å². The summed E-state index contributed by atoms with van der Waals surface area (Å²) < 4.78 is 0. The number of likely N-dealkylation sites (N-methyl/N-ethyl adjacent to an activating group) is 1. The van der Waals surface area contributed by atoms with Crippen LogP contribution in [0, 0.1) is 0 Å². The lowest BCUT2D eigenvalue weighted by Crippen LogP contribution is -2.29. The minimum atomic E-state index is -0.202. The number of benzene rings is 1. The van der Waals surface area contributed by atoms with Gasteiger partial charge in [-0.1, -0.05) is 24.6 Å². The van der Waals surface area contributed by atoms with E-state index >= 15 is 0 Å². The maximum absolute atomic E-state index is 12.0. The second-order valence-corrected chi connectivity index (χ2v) is 5.51. The van der Waals surface area contributed by atoms with Gasteiger partial charge in [0, 0.05) is 30.0 Å². The molecule has 0 radical (unpaired) electrons. The van der Waals surface area contributed by atoms with E-state index in [1.165, 1.54) is 11.3 Å². The lowest BCUT2D eigenvalue weighted by atomic mass is 10.1. The topological polar surface area (TPSA) is 44.4 Å². The van der Waals surface area contributed by atoms with Crippen molar-refractivity contribution in [2.45, 2.75) is 26.3 Å². The molecule has 0 spiro atoms. The van der Waals surface area contributed by atoms with Crippen LogP contribution < -0.4 is 15.5 Å². The summed E-state index contributed by atoms with van der Waals surface area (Å²) in [5.41, 5.74) is 4.61. The predicted molar refractivity (Wildman–Crippen MR) is 82.1 cm³/mol. The van der Waals surface area contributed by atoms with Crippen molar-refractivity contribution in [3.05, 3.63) is 35.4 Å². The molecule has 2 aliphatic heterocycles. The zero-order chi connectivity index (χ0) is 14.1. The SMILES string of the molecule is CCNC1C(=O)Nc2cc(N3CCC=C(C)C3)ccc21. The molecule has 4 heteroatoms. The van der Waals surface area contributed by atoms with Gasteiger partial charge in [-0.25, -0.2) is 0 Å². The molecule has 1 aromatic rings. The van der Waals surface area contributed by atoms with Gasteiger partial charge in [-0.05, 0) is 32.0 Å². The third-order valence-corrected chi connectivity index (χ3v) is 3.97. The first-order valence-electron chi connectivity index (χ1n) is 7.28. The number of nitrogens with one attached hydrogen (secondary N) is 2. The number of hydrogen-bond donors (Lipinski definition) is 2. The van der Waals surface area contributed by atoms with E-state index in [0.29, 0.717) is 0 Å². The van der Waals surface area contributed by atoms with Crippen LogP contribution in [0.4, 0.5) is 11.4 Å². The highest BCUT2D eigenvalue weighted by molar-refractivity contribution is 6.03. The number of fused-ring (bicyclic) bond motifs is 1. The van der Waals surface area contributed by atoms with Crippen molar-refractivity contribution < 1.29 is 4.79 Å². The van der Waals surface area contributed by atoms with Crippen LogP contribution in [0.15, 0.2) is 29.8 Å². The largest absolute Gasteiger partial charge is 0.367 e. The zero-order valence-electron chi connectivity index (χ0n) is 12.1. The Morgan fingerprint density at radius 3 is 3.05 bits per heavy atom. The molecule has 4 nitrogen and oxygen atoms in total. The van der Waals surface area contributed by atoms with Crippen molar-refractivity contribution in [3.8, 4) is 0 Å². The maximum Gasteiger partial charge on any atom is 0.246 e. The van der Waals surface area contributed by atoms with Crippen LogP contribution >= 0.6 is 0 Å². The van der Waals surface area contributed by atoms with Crippen molar-refractivity contribution in [2.75, 3.05) is 29.9 Å². The summed E-state index contributed by atoms with van der Waals surface area (Å²) in [6, 6.07) is 6.10. The summed E-state index contributed by atoms with van der Waals surface area (Å²) in [4.78, 5) is 14.3. The van der Waals surface area contributed by atoms with Crippen molar-refractivity contribution in [2.24, 2.45) is 0 Å². The summed E-state index contributed by atoms with van der Waals surface area (Å²) in [6.07, 6.45) is 3.39. The number of carbonyl (C=O) groups is 1. The van der Waals surface area contributed by atoms with Gasteiger partial charge in [-0.2, -0.15) is 0 Å². The highest BCUT2D eigenvalue weighted by Crippen LogP contribution is 2.34. The summed E-state index contributed by atoms with van der Waals surface area (Å²) in [6.45, 7) is 6.99. The summed E-state index contributed by atoms with van der Waals surface area (Å²) in [5.74, 6) is 0.0497. The average molecular weight is 271 g/mol. The van der Waals surface area contributed by atoms with Crippen LogP contribution in [0.3, 0.4) is 0 Å². The Morgan fingerprint density at radius 2 is 2.30 bits per heavy atom. The van der Waals surface area contributed by atoms with Gasteiger partial charge in [0.15, 0.2) is 0 Å². The molecule has 0 fully saturated rings. The fourth-order valence-corrected chi connectivity index (χ4v) is 2.99. The van der Waals surface area contributed by atoms with E-state index in [1.54, 1.807) is 0 Å². The average Bonchev–Trinajstić information content (AvgIpc) is 2.75. The minimum absolute atomic E-state index is 0.0497. The van der Waals surface area contributed by atoms with E-state index < -0.39 is 0 Å². The van der Waals surface area contributed by atoms with E-state index in [9.17, 15) is 4.79 Å². The van der Waals surface area contributed by atoms with Gasteiger partial charge < -0.3 is 15.5 Å². The van der Waals surface area contributed by atoms with Gasteiger partial charge in [-0.3, -0.25) is 4.79 Å². The highest BCUT2D eigenvalue weighted by atomic mass is 16.2. The van der Waals surface area contributed by atoms with E-state index in [4.69, 9.17) is 0 Å². The Bertz CT molecular complexity index is 565. The molecule has 3 rings (SSSR count). The quantitative estimate of drug-likeness (QED) is 0.830. The van der Waals surface area contributed by atoms with Crippen LogP contribution in [0.25, 0.3) is 0 Å². The van der Waals surface area contributed by atoms with Gasteiger partial charge in [0.05, 0.1) is 0 Å². The van der Waals surface area contributed by atoms with Crippen LogP contribution in [0.5, 0.6) is 0 Å². The molecule has 0 saturated carbocycles. The molecular formula is C16H21N3O. The van der Waals surface area contributed by atoms with Gasteiger partial charge in [-0.15, -0.1) is 0 Å². The van der Waals surface area contributed by atoms with Crippen LogP contribution in [0.2, 0.25) is 0 Å². The Kier molecular flexibility index (Phi) is 3.49. The minimum Gasteiger partial charge on any atom is -0.367 e. The van der Waals surface area contributed by atoms with E-state index in [0.717, 1.165) is 37.3 Å². The second kappa shape index (κ2) is 5.29. The Hall–Kier alpha value is -1.81. The first-order chi connectivity index (χ1) is 9.69. The molecule has 0 aliphatic carbocycles. The monoisotopic (exact) mass is 271 g/mol. The normalized spacial score (nSPS) is 21.5. The third-order valence-electron chi connectivity index (χ3n) is 3.97. The Morgan fingerprint density at radius 1 is 1.45 bits per heavy atom. The molecule has 106 valence electrons. The molecule has 1 atom stereocenters. The van der Waals surface area contributed by atoms with Crippen LogP contribution in [-0.2, 0) is 4.79 Å². The predicted octanol–water partition coefficient (Wildman–Crippen LogP) is 2.45. The first-order valence-corrected chi connectivity index (χ1v) is 7.28. The molecule has 20 heavy (non-hydrogen) atoms. The van der Waals surface area contributed by atoms with Gasteiger partial charge >= 0.3 is 0 Å². The fourth-order valence-electron chi connectivity index (χ4n) is 2.99. The van der Waals surface area contributed by atoms with Gasteiger partial charge in [0.1, 0.15) is 6.04 Å².